The second-order valence-corrected chi connectivity index (χ2v) is 7.04. The normalized spacial score (nSPS) is 19.1. The molecule has 0 bridgehead atoms. The van der Waals surface area contributed by atoms with Crippen LogP contribution in [-0.2, 0) is 4.79 Å². The summed E-state index contributed by atoms with van der Waals surface area (Å²) in [7, 11) is 0. The summed E-state index contributed by atoms with van der Waals surface area (Å²) in [6.07, 6.45) is 1.62. The van der Waals surface area contributed by atoms with Gasteiger partial charge in [-0.2, -0.15) is 0 Å². The lowest BCUT2D eigenvalue weighted by Gasteiger charge is -2.14. The van der Waals surface area contributed by atoms with E-state index in [-0.39, 0.29) is 17.5 Å². The average Bonchev–Trinajstić information content (AvgIpc) is 3.09. The number of nitro benzene ring substituents is 1. The molecule has 8 heteroatoms. The van der Waals surface area contributed by atoms with E-state index in [0.29, 0.717) is 11.1 Å². The van der Waals surface area contributed by atoms with Gasteiger partial charge < -0.3 is 5.32 Å². The molecule has 0 unspecified atom stereocenters. The van der Waals surface area contributed by atoms with E-state index in [0.717, 1.165) is 5.56 Å². The predicted octanol–water partition coefficient (Wildman–Crippen LogP) is 2.61. The monoisotopic (exact) mass is 415 g/mol. The minimum atomic E-state index is -0.856. The number of hydrazine groups is 1. The maximum Gasteiger partial charge on any atom is 0.304 e. The van der Waals surface area contributed by atoms with Crippen LogP contribution in [0.15, 0.2) is 84.9 Å². The van der Waals surface area contributed by atoms with Gasteiger partial charge >= 0.3 is 5.91 Å². The van der Waals surface area contributed by atoms with Gasteiger partial charge in [0.25, 0.3) is 11.6 Å². The fourth-order valence-electron chi connectivity index (χ4n) is 3.52. The van der Waals surface area contributed by atoms with Crippen LogP contribution >= 0.6 is 0 Å². The van der Waals surface area contributed by atoms with E-state index >= 15 is 0 Å². The Bertz CT molecular complexity index is 1160. The van der Waals surface area contributed by atoms with Gasteiger partial charge in [-0.15, -0.1) is 10.1 Å². The third-order valence-electron chi connectivity index (χ3n) is 4.97. The summed E-state index contributed by atoms with van der Waals surface area (Å²) in [6.45, 7) is 0. The molecular weight excluding hydrogens is 396 g/mol. The zero-order chi connectivity index (χ0) is 21.8. The number of nitro groups is 1. The van der Waals surface area contributed by atoms with Crippen molar-refractivity contribution >= 4 is 23.7 Å². The molecule has 31 heavy (non-hydrogen) atoms. The Kier molecular flexibility index (Phi) is 5.53. The molecule has 4 rings (SSSR count). The van der Waals surface area contributed by atoms with Crippen molar-refractivity contribution in [3.8, 4) is 0 Å². The van der Waals surface area contributed by atoms with E-state index < -0.39 is 17.0 Å². The van der Waals surface area contributed by atoms with Gasteiger partial charge in [-0.1, -0.05) is 54.6 Å². The molecule has 1 saturated heterocycles. The molecule has 2 atom stereocenters. The summed E-state index contributed by atoms with van der Waals surface area (Å²) in [5.74, 6) is -0.737. The molecule has 0 radical (unpaired) electrons. The molecule has 1 fully saturated rings. The van der Waals surface area contributed by atoms with E-state index in [9.17, 15) is 19.7 Å². The third-order valence-corrected chi connectivity index (χ3v) is 4.97. The fourth-order valence-corrected chi connectivity index (χ4v) is 3.52. The average molecular weight is 415 g/mol. The fraction of sp³-hybridized carbons (Fsp3) is 0.0870. The summed E-state index contributed by atoms with van der Waals surface area (Å²) in [6, 6.07) is 22.6. The first kappa shape index (κ1) is 20.0. The second kappa shape index (κ2) is 8.58. The number of carbonyl (C=O) groups excluding carboxylic acids is 2. The molecule has 2 amide bonds. The predicted molar refractivity (Wildman–Crippen MR) is 114 cm³/mol. The van der Waals surface area contributed by atoms with Crippen LogP contribution in [0.4, 0.5) is 5.69 Å². The van der Waals surface area contributed by atoms with Gasteiger partial charge in [-0.3, -0.25) is 19.7 Å². The van der Waals surface area contributed by atoms with Gasteiger partial charge in [-0.05, 0) is 18.2 Å². The molecular formula is C23H19N4O4+. The third kappa shape index (κ3) is 4.32. The number of hydrogen-bond acceptors (Lipinski definition) is 4. The molecule has 0 saturated carbocycles. The lowest BCUT2D eigenvalue weighted by Crippen LogP contribution is -2.42. The molecule has 1 aliphatic rings. The molecule has 3 aromatic rings. The molecule has 0 aliphatic carbocycles. The largest absolute Gasteiger partial charge is 0.334 e. The van der Waals surface area contributed by atoms with E-state index in [1.807, 2.05) is 36.4 Å². The Hall–Kier alpha value is -4.33. The van der Waals surface area contributed by atoms with Crippen molar-refractivity contribution in [1.29, 1.82) is 0 Å². The van der Waals surface area contributed by atoms with E-state index in [1.54, 1.807) is 47.3 Å². The van der Waals surface area contributed by atoms with E-state index in [4.69, 9.17) is 0 Å². The van der Waals surface area contributed by atoms with Crippen LogP contribution in [0.2, 0.25) is 0 Å². The molecule has 1 aliphatic heterocycles. The Labute approximate surface area is 178 Å². The number of nitrogens with zero attached hydrogens (tertiary/aromatic N) is 2. The number of carbonyl (C=O) groups is 2. The molecule has 2 N–H and O–H groups in total. The number of non-ortho nitro benzene ring substituents is 1. The minimum Gasteiger partial charge on any atom is -0.334 e. The van der Waals surface area contributed by atoms with Gasteiger partial charge in [0.1, 0.15) is 0 Å². The summed E-state index contributed by atoms with van der Waals surface area (Å²) >= 11 is 0. The molecule has 154 valence electrons. The number of amides is 2. The van der Waals surface area contributed by atoms with Crippen LogP contribution < -0.4 is 10.7 Å². The molecule has 3 aromatic carbocycles. The standard InChI is InChI=1S/C23H18N4O4/c28-22(18-11-5-2-6-12-18)24-20-21(17-9-3-1-4-10-17)26(25-23(20)29)15-16-8-7-13-19(14-16)27(30)31/h1-15,20-21H,(H-,24,25,28,29)/p+1/b26-15-/t20-,21-/m1/s1. The highest BCUT2D eigenvalue weighted by Crippen LogP contribution is 2.25. The van der Waals surface area contributed by atoms with Crippen LogP contribution in [0, 0.1) is 10.1 Å². The first-order chi connectivity index (χ1) is 15.0. The highest BCUT2D eigenvalue weighted by Gasteiger charge is 2.47. The van der Waals surface area contributed by atoms with Crippen LogP contribution in [-0.4, -0.2) is 33.7 Å². The molecule has 8 nitrogen and oxygen atoms in total. The summed E-state index contributed by atoms with van der Waals surface area (Å²) in [5.41, 5.74) is 4.51. The zero-order valence-corrected chi connectivity index (χ0v) is 16.3. The van der Waals surface area contributed by atoms with E-state index in [2.05, 4.69) is 10.7 Å². The number of rotatable bonds is 5. The first-order valence-corrected chi connectivity index (χ1v) is 9.62. The molecule has 1 heterocycles. The zero-order valence-electron chi connectivity index (χ0n) is 16.3. The highest BCUT2D eigenvalue weighted by molar-refractivity contribution is 5.98. The Balaban J connectivity index is 1.71. The van der Waals surface area contributed by atoms with Crippen molar-refractivity contribution in [3.05, 3.63) is 112 Å². The topological polar surface area (TPSA) is 104 Å². The number of benzene rings is 3. The summed E-state index contributed by atoms with van der Waals surface area (Å²) in [4.78, 5) is 36.1. The quantitative estimate of drug-likeness (QED) is 0.380. The lowest BCUT2D eigenvalue weighted by molar-refractivity contribution is -0.596. The van der Waals surface area contributed by atoms with Crippen LogP contribution in [0.5, 0.6) is 0 Å². The minimum absolute atomic E-state index is 0.0514. The summed E-state index contributed by atoms with van der Waals surface area (Å²) in [5, 5.41) is 13.9. The van der Waals surface area contributed by atoms with Crippen molar-refractivity contribution < 1.29 is 19.2 Å². The van der Waals surface area contributed by atoms with Crippen molar-refractivity contribution in [2.45, 2.75) is 12.1 Å². The lowest BCUT2D eigenvalue weighted by atomic mass is 10.00. The maximum atomic E-state index is 12.8. The second-order valence-electron chi connectivity index (χ2n) is 7.04. The van der Waals surface area contributed by atoms with Crippen molar-refractivity contribution in [2.75, 3.05) is 0 Å². The Morgan fingerprint density at radius 1 is 1.00 bits per heavy atom. The van der Waals surface area contributed by atoms with Gasteiger partial charge in [0.2, 0.25) is 12.3 Å². The Morgan fingerprint density at radius 2 is 1.68 bits per heavy atom. The van der Waals surface area contributed by atoms with Crippen molar-refractivity contribution in [2.24, 2.45) is 0 Å². The SMILES string of the molecule is O=C(N[C@H]1C(=O)N/[N+](=C\c2cccc([N+](=O)[O-])c2)[C@@H]1c1ccccc1)c1ccccc1. The van der Waals surface area contributed by atoms with Gasteiger partial charge in [0.15, 0.2) is 6.04 Å². The number of nitrogens with one attached hydrogen (secondary N) is 2. The number of hydrogen-bond donors (Lipinski definition) is 2. The summed E-state index contributed by atoms with van der Waals surface area (Å²) < 4.78 is 1.58. The van der Waals surface area contributed by atoms with Crippen LogP contribution in [0.1, 0.15) is 27.5 Å². The van der Waals surface area contributed by atoms with Gasteiger partial charge in [0.05, 0.1) is 4.92 Å². The van der Waals surface area contributed by atoms with Crippen molar-refractivity contribution in [1.82, 2.24) is 10.7 Å². The van der Waals surface area contributed by atoms with Crippen LogP contribution in [0.3, 0.4) is 0 Å². The van der Waals surface area contributed by atoms with E-state index in [1.165, 1.54) is 12.1 Å². The molecule has 0 spiro atoms. The van der Waals surface area contributed by atoms with Crippen molar-refractivity contribution in [3.63, 3.8) is 0 Å². The van der Waals surface area contributed by atoms with Gasteiger partial charge in [-0.25, -0.2) is 0 Å². The van der Waals surface area contributed by atoms with Gasteiger partial charge in [0, 0.05) is 28.8 Å². The maximum absolute atomic E-state index is 12.8. The number of hydrazone groups is 1. The van der Waals surface area contributed by atoms with Crippen LogP contribution in [0.25, 0.3) is 0 Å². The first-order valence-electron chi connectivity index (χ1n) is 9.62. The smallest absolute Gasteiger partial charge is 0.304 e. The Morgan fingerprint density at radius 3 is 2.35 bits per heavy atom. The highest BCUT2D eigenvalue weighted by atomic mass is 16.6. The molecule has 0 aromatic heterocycles.